The normalized spacial score (nSPS) is 15.6. The second-order valence-electron chi connectivity index (χ2n) is 5.52. The number of ether oxygens (including phenoxy) is 2. The van der Waals surface area contributed by atoms with Crippen LogP contribution in [0.15, 0.2) is 45.9 Å². The number of nitrogens with zero attached hydrogens (tertiary/aromatic N) is 1. The van der Waals surface area contributed by atoms with E-state index in [1.807, 2.05) is 6.92 Å². The SMILES string of the molecule is CCOc1ccccc1NC(=O)c1ccc(S(=O)(=O)N2CCOCC2)o1. The molecule has 1 aliphatic rings. The number of morpholine rings is 1. The second-order valence-corrected chi connectivity index (χ2v) is 7.39. The fraction of sp³-hybridized carbons (Fsp3) is 0.353. The van der Waals surface area contributed by atoms with Crippen LogP contribution in [-0.2, 0) is 14.8 Å². The van der Waals surface area contributed by atoms with Crippen LogP contribution in [0.25, 0.3) is 0 Å². The van der Waals surface area contributed by atoms with E-state index < -0.39 is 15.9 Å². The van der Waals surface area contributed by atoms with Gasteiger partial charge in [-0.25, -0.2) is 8.42 Å². The Morgan fingerprint density at radius 3 is 2.65 bits per heavy atom. The van der Waals surface area contributed by atoms with Gasteiger partial charge in [0.1, 0.15) is 5.75 Å². The molecule has 26 heavy (non-hydrogen) atoms. The second kappa shape index (κ2) is 7.90. The Morgan fingerprint density at radius 2 is 1.92 bits per heavy atom. The van der Waals surface area contributed by atoms with Crippen LogP contribution in [0.3, 0.4) is 0 Å². The number of hydrogen-bond donors (Lipinski definition) is 1. The molecule has 0 atom stereocenters. The van der Waals surface area contributed by atoms with Gasteiger partial charge in [0.15, 0.2) is 5.76 Å². The molecular weight excluding hydrogens is 360 g/mol. The average Bonchev–Trinajstić information content (AvgIpc) is 3.15. The largest absolute Gasteiger partial charge is 0.492 e. The predicted octanol–water partition coefficient (Wildman–Crippen LogP) is 1.95. The standard InChI is InChI=1S/C17H20N2O6S/c1-2-24-14-6-4-3-5-13(14)18-17(20)15-7-8-16(25-15)26(21,22)19-9-11-23-12-10-19/h3-8H,2,9-12H2,1H3,(H,18,20). The summed E-state index contributed by atoms with van der Waals surface area (Å²) in [6, 6.07) is 9.60. The van der Waals surface area contributed by atoms with Gasteiger partial charge in [-0.3, -0.25) is 4.79 Å². The van der Waals surface area contributed by atoms with E-state index >= 15 is 0 Å². The molecule has 0 spiro atoms. The van der Waals surface area contributed by atoms with Gasteiger partial charge in [0.2, 0.25) is 5.09 Å². The number of carbonyl (C=O) groups excluding carboxylic acids is 1. The van der Waals surface area contributed by atoms with E-state index in [-0.39, 0.29) is 23.9 Å². The molecular formula is C17H20N2O6S. The van der Waals surface area contributed by atoms with Gasteiger partial charge in [0.25, 0.3) is 15.9 Å². The van der Waals surface area contributed by atoms with Crippen LogP contribution < -0.4 is 10.1 Å². The fourth-order valence-electron chi connectivity index (χ4n) is 2.53. The van der Waals surface area contributed by atoms with Gasteiger partial charge in [0.05, 0.1) is 25.5 Å². The van der Waals surface area contributed by atoms with E-state index in [9.17, 15) is 13.2 Å². The summed E-state index contributed by atoms with van der Waals surface area (Å²) in [5.41, 5.74) is 0.480. The number of carbonyl (C=O) groups is 1. The molecule has 1 N–H and O–H groups in total. The highest BCUT2D eigenvalue weighted by atomic mass is 32.2. The number of nitrogens with one attached hydrogen (secondary N) is 1. The molecule has 0 saturated carbocycles. The highest BCUT2D eigenvalue weighted by molar-refractivity contribution is 7.89. The molecule has 0 radical (unpaired) electrons. The minimum Gasteiger partial charge on any atom is -0.492 e. The van der Waals surface area contributed by atoms with Crippen molar-refractivity contribution in [2.75, 3.05) is 38.2 Å². The third-order valence-electron chi connectivity index (χ3n) is 3.80. The maximum Gasteiger partial charge on any atom is 0.291 e. The number of sulfonamides is 1. The molecule has 0 unspecified atom stereocenters. The lowest BCUT2D eigenvalue weighted by molar-refractivity contribution is 0.0723. The molecule has 1 aromatic heterocycles. The summed E-state index contributed by atoms with van der Waals surface area (Å²) in [6.07, 6.45) is 0. The van der Waals surface area contributed by atoms with E-state index in [1.54, 1.807) is 24.3 Å². The molecule has 1 aromatic carbocycles. The number of furan rings is 1. The minimum atomic E-state index is -3.78. The van der Waals surface area contributed by atoms with E-state index in [0.29, 0.717) is 31.3 Å². The first-order chi connectivity index (χ1) is 12.5. The molecule has 8 nitrogen and oxygen atoms in total. The van der Waals surface area contributed by atoms with Gasteiger partial charge < -0.3 is 19.2 Å². The summed E-state index contributed by atoms with van der Waals surface area (Å²) in [5.74, 6) is -0.125. The van der Waals surface area contributed by atoms with Crippen LogP contribution in [0.1, 0.15) is 17.5 Å². The highest BCUT2D eigenvalue weighted by Gasteiger charge is 2.30. The molecule has 2 aromatic rings. The first-order valence-corrected chi connectivity index (χ1v) is 9.67. The van der Waals surface area contributed by atoms with Crippen molar-refractivity contribution in [2.24, 2.45) is 0 Å². The zero-order valence-corrected chi connectivity index (χ0v) is 15.1. The lowest BCUT2D eigenvalue weighted by atomic mass is 10.3. The highest BCUT2D eigenvalue weighted by Crippen LogP contribution is 2.25. The zero-order chi connectivity index (χ0) is 18.6. The molecule has 0 bridgehead atoms. The van der Waals surface area contributed by atoms with Crippen LogP contribution in [0.4, 0.5) is 5.69 Å². The first-order valence-electron chi connectivity index (χ1n) is 8.23. The molecule has 1 amide bonds. The zero-order valence-electron chi connectivity index (χ0n) is 14.3. The van der Waals surface area contributed by atoms with Crippen molar-refractivity contribution >= 4 is 21.6 Å². The number of benzene rings is 1. The van der Waals surface area contributed by atoms with Gasteiger partial charge >= 0.3 is 0 Å². The summed E-state index contributed by atoms with van der Waals surface area (Å²) in [5, 5.41) is 2.41. The first kappa shape index (κ1) is 18.4. The lowest BCUT2D eigenvalue weighted by Gasteiger charge is -2.24. The van der Waals surface area contributed by atoms with Gasteiger partial charge in [-0.2, -0.15) is 4.31 Å². The summed E-state index contributed by atoms with van der Waals surface area (Å²) >= 11 is 0. The summed E-state index contributed by atoms with van der Waals surface area (Å²) < 4.78 is 42.3. The smallest absolute Gasteiger partial charge is 0.291 e. The molecule has 0 aliphatic carbocycles. The van der Waals surface area contributed by atoms with Gasteiger partial charge in [-0.15, -0.1) is 0 Å². The van der Waals surface area contributed by atoms with Gasteiger partial charge in [-0.05, 0) is 31.2 Å². The molecule has 9 heteroatoms. The molecule has 3 rings (SSSR count). The molecule has 1 saturated heterocycles. The van der Waals surface area contributed by atoms with Crippen molar-refractivity contribution in [3.05, 3.63) is 42.2 Å². The summed E-state index contributed by atoms with van der Waals surface area (Å²) in [6.45, 7) is 3.48. The minimum absolute atomic E-state index is 0.0943. The van der Waals surface area contributed by atoms with Crippen molar-refractivity contribution in [1.82, 2.24) is 4.31 Å². The maximum absolute atomic E-state index is 12.5. The summed E-state index contributed by atoms with van der Waals surface area (Å²) in [7, 11) is -3.78. The third-order valence-corrected chi connectivity index (χ3v) is 5.58. The molecule has 2 heterocycles. The van der Waals surface area contributed by atoms with E-state index in [4.69, 9.17) is 13.9 Å². The maximum atomic E-state index is 12.5. The fourth-order valence-corrected chi connectivity index (χ4v) is 3.85. The molecule has 1 aliphatic heterocycles. The van der Waals surface area contributed by atoms with Crippen LogP contribution in [0, 0.1) is 0 Å². The van der Waals surface area contributed by atoms with Gasteiger partial charge in [0, 0.05) is 13.1 Å². The Kier molecular flexibility index (Phi) is 5.60. The number of rotatable bonds is 6. The number of anilines is 1. The number of hydrogen-bond acceptors (Lipinski definition) is 6. The Hall–Kier alpha value is -2.36. The third kappa shape index (κ3) is 3.90. The van der Waals surface area contributed by atoms with Crippen LogP contribution in [0.5, 0.6) is 5.75 Å². The predicted molar refractivity (Wildman–Crippen MR) is 93.9 cm³/mol. The Labute approximate surface area is 151 Å². The molecule has 1 fully saturated rings. The van der Waals surface area contributed by atoms with Gasteiger partial charge in [-0.1, -0.05) is 12.1 Å². The van der Waals surface area contributed by atoms with Crippen molar-refractivity contribution in [1.29, 1.82) is 0 Å². The van der Waals surface area contributed by atoms with Crippen LogP contribution in [-0.4, -0.2) is 51.5 Å². The monoisotopic (exact) mass is 380 g/mol. The topological polar surface area (TPSA) is 98.1 Å². The van der Waals surface area contributed by atoms with E-state index in [2.05, 4.69) is 5.32 Å². The molecule has 140 valence electrons. The van der Waals surface area contributed by atoms with Crippen molar-refractivity contribution < 1.29 is 27.1 Å². The van der Waals surface area contributed by atoms with E-state index in [0.717, 1.165) is 0 Å². The van der Waals surface area contributed by atoms with Crippen LogP contribution in [0.2, 0.25) is 0 Å². The quantitative estimate of drug-likeness (QED) is 0.823. The van der Waals surface area contributed by atoms with Crippen LogP contribution >= 0.6 is 0 Å². The van der Waals surface area contributed by atoms with Crippen molar-refractivity contribution in [3.63, 3.8) is 0 Å². The van der Waals surface area contributed by atoms with Crippen molar-refractivity contribution in [2.45, 2.75) is 12.0 Å². The number of para-hydroxylation sites is 2. The lowest BCUT2D eigenvalue weighted by Crippen LogP contribution is -2.40. The van der Waals surface area contributed by atoms with Crippen molar-refractivity contribution in [3.8, 4) is 5.75 Å². The Morgan fingerprint density at radius 1 is 1.19 bits per heavy atom. The van der Waals surface area contributed by atoms with E-state index in [1.165, 1.54) is 16.4 Å². The number of amides is 1. The average molecular weight is 380 g/mol. The Balaban J connectivity index is 1.76. The summed E-state index contributed by atoms with van der Waals surface area (Å²) in [4.78, 5) is 12.4. The Bertz CT molecular complexity index is 871.